The fraction of sp³-hybridized carbons (Fsp3) is 0.750. The molecule has 0 aromatic heterocycles. The van der Waals surface area contributed by atoms with Crippen LogP contribution in [0.5, 0.6) is 0 Å². The lowest BCUT2D eigenvalue weighted by atomic mass is 9.81. The van der Waals surface area contributed by atoms with Gasteiger partial charge >= 0.3 is 5.97 Å². The van der Waals surface area contributed by atoms with Crippen LogP contribution in [-0.4, -0.2) is 30.6 Å². The molecule has 1 aliphatic rings. The molecule has 1 fully saturated rings. The molecule has 1 rings (SSSR count). The first-order valence-corrected chi connectivity index (χ1v) is 7.63. The zero-order valence-electron chi connectivity index (χ0n) is 13.4. The van der Waals surface area contributed by atoms with E-state index in [9.17, 15) is 9.59 Å². The molecule has 120 valence electrons. The van der Waals surface area contributed by atoms with Crippen LogP contribution in [0.25, 0.3) is 0 Å². The molecular weight excluding hydrogens is 272 g/mol. The lowest BCUT2D eigenvalue weighted by molar-refractivity contribution is -0.409. The molecule has 0 saturated carbocycles. The molecule has 0 aromatic carbocycles. The largest absolute Gasteiger partial charge is 0.469 e. The summed E-state index contributed by atoms with van der Waals surface area (Å²) in [5.41, 5.74) is -0.585. The van der Waals surface area contributed by atoms with Gasteiger partial charge in [0.2, 0.25) is 0 Å². The Balaban J connectivity index is 2.78. The molecule has 21 heavy (non-hydrogen) atoms. The maximum atomic E-state index is 11.5. The average Bonchev–Trinajstić information content (AvgIpc) is 2.53. The Morgan fingerprint density at radius 1 is 1.33 bits per heavy atom. The van der Waals surface area contributed by atoms with Gasteiger partial charge in [0.05, 0.1) is 13.5 Å². The van der Waals surface area contributed by atoms with Crippen LogP contribution in [0.3, 0.4) is 0 Å². The molecule has 0 radical (unpaired) electrons. The van der Waals surface area contributed by atoms with E-state index < -0.39 is 5.60 Å². The monoisotopic (exact) mass is 298 g/mol. The van der Waals surface area contributed by atoms with Crippen molar-refractivity contribution in [3.05, 3.63) is 12.2 Å². The molecule has 1 heterocycles. The average molecular weight is 298 g/mol. The highest BCUT2D eigenvalue weighted by molar-refractivity contribution is 5.89. The summed E-state index contributed by atoms with van der Waals surface area (Å²) in [7, 11) is 1.36. The Labute approximate surface area is 126 Å². The summed E-state index contributed by atoms with van der Waals surface area (Å²) in [6.45, 7) is 5.88. The smallest absolute Gasteiger partial charge is 0.308 e. The highest BCUT2D eigenvalue weighted by atomic mass is 17.2. The topological polar surface area (TPSA) is 61.8 Å². The first-order chi connectivity index (χ1) is 10.00. The predicted octanol–water partition coefficient (Wildman–Crippen LogP) is 2.98. The number of carbonyl (C=O) groups is 2. The third kappa shape index (κ3) is 4.93. The molecule has 0 aliphatic carbocycles. The number of hydrogen-bond acceptors (Lipinski definition) is 5. The number of allylic oxidation sites excluding steroid dienone is 1. The predicted molar refractivity (Wildman–Crippen MR) is 78.4 cm³/mol. The van der Waals surface area contributed by atoms with E-state index in [0.717, 1.165) is 12.8 Å². The molecule has 0 amide bonds. The molecule has 1 saturated heterocycles. The van der Waals surface area contributed by atoms with E-state index in [2.05, 4.69) is 11.7 Å². The van der Waals surface area contributed by atoms with Crippen LogP contribution < -0.4 is 0 Å². The summed E-state index contributed by atoms with van der Waals surface area (Å²) in [6.07, 6.45) is 6.05. The second kappa shape index (κ2) is 8.29. The van der Waals surface area contributed by atoms with E-state index in [1.54, 1.807) is 12.2 Å². The fourth-order valence-corrected chi connectivity index (χ4v) is 2.48. The van der Waals surface area contributed by atoms with Gasteiger partial charge in [-0.1, -0.05) is 27.2 Å². The maximum Gasteiger partial charge on any atom is 0.308 e. The van der Waals surface area contributed by atoms with Gasteiger partial charge in [-0.05, 0) is 30.9 Å². The lowest BCUT2D eigenvalue weighted by Gasteiger charge is -2.40. The first kappa shape index (κ1) is 17.9. The van der Waals surface area contributed by atoms with Gasteiger partial charge in [-0.15, -0.1) is 0 Å². The van der Waals surface area contributed by atoms with E-state index in [4.69, 9.17) is 9.78 Å². The first-order valence-electron chi connectivity index (χ1n) is 7.63. The van der Waals surface area contributed by atoms with Crippen molar-refractivity contribution in [1.29, 1.82) is 0 Å². The zero-order chi connectivity index (χ0) is 15.9. The summed E-state index contributed by atoms with van der Waals surface area (Å²) in [5.74, 6) is -0.0434. The van der Waals surface area contributed by atoms with Crippen molar-refractivity contribution >= 4 is 11.8 Å². The van der Waals surface area contributed by atoms with E-state index in [-0.39, 0.29) is 30.2 Å². The van der Waals surface area contributed by atoms with Crippen molar-refractivity contribution in [3.63, 3.8) is 0 Å². The summed E-state index contributed by atoms with van der Waals surface area (Å²) in [5, 5.41) is 0. The Morgan fingerprint density at radius 2 is 2.05 bits per heavy atom. The minimum Gasteiger partial charge on any atom is -0.469 e. The quantitative estimate of drug-likeness (QED) is 0.411. The van der Waals surface area contributed by atoms with E-state index in [1.165, 1.54) is 7.11 Å². The minimum atomic E-state index is -0.585. The Morgan fingerprint density at radius 3 is 2.57 bits per heavy atom. The van der Waals surface area contributed by atoms with Gasteiger partial charge in [-0.2, -0.15) is 0 Å². The van der Waals surface area contributed by atoms with E-state index >= 15 is 0 Å². The van der Waals surface area contributed by atoms with Crippen LogP contribution in [0.15, 0.2) is 12.2 Å². The van der Waals surface area contributed by atoms with Crippen molar-refractivity contribution in [2.75, 3.05) is 7.11 Å². The van der Waals surface area contributed by atoms with Crippen LogP contribution in [0.1, 0.15) is 52.9 Å². The normalized spacial score (nSPS) is 29.5. The second-order valence-electron chi connectivity index (χ2n) is 5.44. The summed E-state index contributed by atoms with van der Waals surface area (Å²) in [6, 6.07) is 0. The number of hydrogen-bond donors (Lipinski definition) is 0. The van der Waals surface area contributed by atoms with Gasteiger partial charge in [0.25, 0.3) is 0 Å². The molecule has 3 atom stereocenters. The lowest BCUT2D eigenvalue weighted by Crippen LogP contribution is -2.44. The standard InChI is InChI=1S/C16H26O5/c1-5-12-11-16(7-3,9-8-13(17)6-2)21-20-14(12)10-15(18)19-4/h8-9,12,14H,5-7,10-11H2,1-4H3/b9-8+/t12?,14?,16-/m0/s1. The number of methoxy groups -OCH3 is 1. The molecule has 0 N–H and O–H groups in total. The fourth-order valence-electron chi connectivity index (χ4n) is 2.48. The van der Waals surface area contributed by atoms with Gasteiger partial charge in [-0.25, -0.2) is 9.78 Å². The number of ether oxygens (including phenoxy) is 1. The minimum absolute atomic E-state index is 0.0659. The van der Waals surface area contributed by atoms with E-state index in [0.29, 0.717) is 12.8 Å². The Hall–Kier alpha value is -1.20. The molecule has 0 bridgehead atoms. The molecule has 0 aromatic rings. The molecule has 5 heteroatoms. The zero-order valence-corrected chi connectivity index (χ0v) is 13.4. The summed E-state index contributed by atoms with van der Waals surface area (Å²) >= 11 is 0. The maximum absolute atomic E-state index is 11.5. The number of esters is 1. The highest BCUT2D eigenvalue weighted by Crippen LogP contribution is 2.37. The van der Waals surface area contributed by atoms with Crippen molar-refractivity contribution in [3.8, 4) is 0 Å². The van der Waals surface area contributed by atoms with Crippen molar-refractivity contribution in [1.82, 2.24) is 0 Å². The van der Waals surface area contributed by atoms with Crippen LogP contribution in [-0.2, 0) is 24.1 Å². The van der Waals surface area contributed by atoms with Crippen molar-refractivity contribution in [2.45, 2.75) is 64.6 Å². The van der Waals surface area contributed by atoms with Crippen molar-refractivity contribution in [2.24, 2.45) is 5.92 Å². The molecule has 0 spiro atoms. The Bertz CT molecular complexity index is 390. The SMILES string of the molecule is CCC(=O)/C=C/[C@@]1(CC)CC(CC)C(CC(=O)OC)OO1. The number of ketones is 1. The van der Waals surface area contributed by atoms with Gasteiger partial charge < -0.3 is 4.74 Å². The van der Waals surface area contributed by atoms with Gasteiger partial charge in [0.1, 0.15) is 11.7 Å². The molecule has 2 unspecified atom stereocenters. The van der Waals surface area contributed by atoms with Gasteiger partial charge in [0.15, 0.2) is 5.78 Å². The van der Waals surface area contributed by atoms with Gasteiger partial charge in [0, 0.05) is 6.42 Å². The van der Waals surface area contributed by atoms with E-state index in [1.807, 2.05) is 13.8 Å². The number of carbonyl (C=O) groups excluding carboxylic acids is 2. The highest BCUT2D eigenvalue weighted by Gasteiger charge is 2.41. The third-order valence-electron chi connectivity index (χ3n) is 4.11. The molecular formula is C16H26O5. The third-order valence-corrected chi connectivity index (χ3v) is 4.11. The summed E-state index contributed by atoms with van der Waals surface area (Å²) < 4.78 is 4.68. The Kier molecular flexibility index (Phi) is 7.05. The number of rotatable bonds is 7. The van der Waals surface area contributed by atoms with Crippen molar-refractivity contribution < 1.29 is 24.1 Å². The van der Waals surface area contributed by atoms with Gasteiger partial charge in [-0.3, -0.25) is 9.59 Å². The van der Waals surface area contributed by atoms with Crippen LogP contribution in [0.4, 0.5) is 0 Å². The molecule has 1 aliphatic heterocycles. The molecule has 5 nitrogen and oxygen atoms in total. The van der Waals surface area contributed by atoms with Crippen LogP contribution >= 0.6 is 0 Å². The van der Waals surface area contributed by atoms with Crippen LogP contribution in [0, 0.1) is 5.92 Å². The summed E-state index contributed by atoms with van der Waals surface area (Å²) in [4.78, 5) is 33.9. The van der Waals surface area contributed by atoms with Crippen LogP contribution in [0.2, 0.25) is 0 Å². The second-order valence-corrected chi connectivity index (χ2v) is 5.44.